The van der Waals surface area contributed by atoms with Gasteiger partial charge < -0.3 is 9.64 Å². The highest BCUT2D eigenvalue weighted by molar-refractivity contribution is 8.00. The fourth-order valence-corrected chi connectivity index (χ4v) is 4.30. The van der Waals surface area contributed by atoms with Gasteiger partial charge in [0.05, 0.1) is 6.61 Å². The van der Waals surface area contributed by atoms with E-state index in [2.05, 4.69) is 0 Å². The van der Waals surface area contributed by atoms with E-state index in [0.717, 1.165) is 43.9 Å². The van der Waals surface area contributed by atoms with Gasteiger partial charge in [-0.3, -0.25) is 4.79 Å². The largest absolute Gasteiger partial charge is 0.363 e. The third-order valence-electron chi connectivity index (χ3n) is 3.61. The summed E-state index contributed by atoms with van der Waals surface area (Å²) in [6.45, 7) is 2.47. The van der Waals surface area contributed by atoms with E-state index in [0.29, 0.717) is 0 Å². The number of piperidine rings is 1. The lowest BCUT2D eigenvalue weighted by Crippen LogP contribution is -2.44. The number of thioether (sulfide) groups is 1. The predicted octanol–water partition coefficient (Wildman–Crippen LogP) is 2.84. The van der Waals surface area contributed by atoms with E-state index in [9.17, 15) is 4.79 Å². The summed E-state index contributed by atoms with van der Waals surface area (Å²) in [4.78, 5) is 14.0. The van der Waals surface area contributed by atoms with Gasteiger partial charge in [0.1, 0.15) is 4.93 Å². The molecule has 0 aromatic carbocycles. The fraction of sp³-hybridized carbons (Fsp3) is 0.500. The number of thiophene rings is 1. The molecule has 0 aliphatic carbocycles. The SMILES string of the molecule is O=C(/C=C/c1ccsc1)N1CCC2(CC1)OCCS2. The van der Waals surface area contributed by atoms with Crippen molar-refractivity contribution in [3.63, 3.8) is 0 Å². The van der Waals surface area contributed by atoms with Gasteiger partial charge in [-0.15, -0.1) is 11.8 Å². The molecular weight excluding hydrogens is 278 g/mol. The maximum absolute atomic E-state index is 12.1. The molecule has 102 valence electrons. The van der Waals surface area contributed by atoms with Gasteiger partial charge in [-0.2, -0.15) is 11.3 Å². The third-order valence-corrected chi connectivity index (χ3v) is 5.74. The molecular formula is C14H17NO2S2. The van der Waals surface area contributed by atoms with Crippen molar-refractivity contribution in [1.29, 1.82) is 0 Å². The summed E-state index contributed by atoms with van der Waals surface area (Å²) in [7, 11) is 0. The van der Waals surface area contributed by atoms with Crippen LogP contribution in [0.4, 0.5) is 0 Å². The first-order valence-electron chi connectivity index (χ1n) is 6.55. The minimum atomic E-state index is 0.00779. The van der Waals surface area contributed by atoms with Gasteiger partial charge in [0.25, 0.3) is 0 Å². The molecule has 2 saturated heterocycles. The van der Waals surface area contributed by atoms with Gasteiger partial charge in [0, 0.05) is 37.8 Å². The minimum Gasteiger partial charge on any atom is -0.363 e. The Labute approximate surface area is 121 Å². The summed E-state index contributed by atoms with van der Waals surface area (Å²) in [6.07, 6.45) is 5.48. The number of ether oxygens (including phenoxy) is 1. The fourth-order valence-electron chi connectivity index (χ4n) is 2.50. The summed E-state index contributed by atoms with van der Waals surface area (Å²) in [5.74, 6) is 1.20. The molecule has 19 heavy (non-hydrogen) atoms. The average molecular weight is 295 g/mol. The predicted molar refractivity (Wildman–Crippen MR) is 80.3 cm³/mol. The normalized spacial score (nSPS) is 22.4. The highest BCUT2D eigenvalue weighted by Crippen LogP contribution is 2.41. The standard InChI is InChI=1S/C14H17NO2S2/c16-13(2-1-12-3-9-18-11-12)15-6-4-14(5-7-15)17-8-10-19-14/h1-3,9,11H,4-8,10H2/b2-1+. The Morgan fingerprint density at radius 3 is 2.89 bits per heavy atom. The number of rotatable bonds is 2. The smallest absolute Gasteiger partial charge is 0.246 e. The second kappa shape index (κ2) is 5.69. The van der Waals surface area contributed by atoms with Crippen LogP contribution >= 0.6 is 23.1 Å². The summed E-state index contributed by atoms with van der Waals surface area (Å²) >= 11 is 3.56. The molecule has 1 spiro atoms. The molecule has 0 saturated carbocycles. The van der Waals surface area contributed by atoms with Crippen LogP contribution in [0.3, 0.4) is 0 Å². The summed E-state index contributed by atoms with van der Waals surface area (Å²) in [5.41, 5.74) is 1.10. The van der Waals surface area contributed by atoms with E-state index >= 15 is 0 Å². The summed E-state index contributed by atoms with van der Waals surface area (Å²) in [5, 5.41) is 4.06. The van der Waals surface area contributed by atoms with Crippen molar-refractivity contribution < 1.29 is 9.53 Å². The molecule has 0 bridgehead atoms. The van der Waals surface area contributed by atoms with Gasteiger partial charge in [-0.05, 0) is 28.5 Å². The monoisotopic (exact) mass is 295 g/mol. The summed E-state index contributed by atoms with van der Waals surface area (Å²) in [6, 6.07) is 2.02. The molecule has 1 aromatic heterocycles. The zero-order valence-electron chi connectivity index (χ0n) is 10.7. The first kappa shape index (κ1) is 13.2. The van der Waals surface area contributed by atoms with Crippen molar-refractivity contribution in [2.24, 2.45) is 0 Å². The first-order chi connectivity index (χ1) is 9.27. The molecule has 1 amide bonds. The van der Waals surface area contributed by atoms with E-state index in [1.807, 2.05) is 39.6 Å². The Bertz CT molecular complexity index is 454. The number of carbonyl (C=O) groups excluding carboxylic acids is 1. The van der Waals surface area contributed by atoms with Crippen molar-refractivity contribution in [1.82, 2.24) is 4.90 Å². The van der Waals surface area contributed by atoms with Crippen LogP contribution in [0.15, 0.2) is 22.9 Å². The van der Waals surface area contributed by atoms with E-state index < -0.39 is 0 Å². The van der Waals surface area contributed by atoms with Crippen LogP contribution in [0.25, 0.3) is 6.08 Å². The number of carbonyl (C=O) groups is 1. The van der Waals surface area contributed by atoms with Gasteiger partial charge in [-0.1, -0.05) is 0 Å². The molecule has 3 nitrogen and oxygen atoms in total. The molecule has 2 fully saturated rings. The molecule has 0 atom stereocenters. The molecule has 0 N–H and O–H groups in total. The van der Waals surface area contributed by atoms with Crippen molar-refractivity contribution >= 4 is 35.1 Å². The van der Waals surface area contributed by atoms with E-state index in [1.165, 1.54) is 0 Å². The second-order valence-corrected chi connectivity index (χ2v) is 7.04. The highest BCUT2D eigenvalue weighted by atomic mass is 32.2. The Hall–Kier alpha value is -0.780. The third kappa shape index (κ3) is 3.04. The lowest BCUT2D eigenvalue weighted by atomic mass is 10.1. The Balaban J connectivity index is 1.54. The van der Waals surface area contributed by atoms with Crippen LogP contribution in [0, 0.1) is 0 Å². The maximum atomic E-state index is 12.1. The maximum Gasteiger partial charge on any atom is 0.246 e. The van der Waals surface area contributed by atoms with Crippen LogP contribution in [0.2, 0.25) is 0 Å². The van der Waals surface area contributed by atoms with Gasteiger partial charge >= 0.3 is 0 Å². The summed E-state index contributed by atoms with van der Waals surface area (Å²) < 4.78 is 5.84. The van der Waals surface area contributed by atoms with E-state index in [-0.39, 0.29) is 10.8 Å². The van der Waals surface area contributed by atoms with E-state index in [4.69, 9.17) is 4.74 Å². The van der Waals surface area contributed by atoms with Crippen LogP contribution in [0.5, 0.6) is 0 Å². The number of amides is 1. The van der Waals surface area contributed by atoms with Crippen LogP contribution in [-0.4, -0.2) is 41.2 Å². The quantitative estimate of drug-likeness (QED) is 0.786. The first-order valence-corrected chi connectivity index (χ1v) is 8.47. The number of likely N-dealkylation sites (tertiary alicyclic amines) is 1. The lowest BCUT2D eigenvalue weighted by molar-refractivity contribution is -0.128. The lowest BCUT2D eigenvalue weighted by Gasteiger charge is -2.37. The number of nitrogens with zero attached hydrogens (tertiary/aromatic N) is 1. The molecule has 2 aliphatic rings. The van der Waals surface area contributed by atoms with Crippen LogP contribution in [-0.2, 0) is 9.53 Å². The van der Waals surface area contributed by atoms with E-state index in [1.54, 1.807) is 17.4 Å². The molecule has 5 heteroatoms. The van der Waals surface area contributed by atoms with Crippen molar-refractivity contribution in [3.05, 3.63) is 28.5 Å². The topological polar surface area (TPSA) is 29.5 Å². The van der Waals surface area contributed by atoms with Crippen molar-refractivity contribution in [2.75, 3.05) is 25.4 Å². The second-order valence-electron chi connectivity index (χ2n) is 4.82. The average Bonchev–Trinajstić information content (AvgIpc) is 3.09. The van der Waals surface area contributed by atoms with Crippen LogP contribution < -0.4 is 0 Å². The molecule has 0 radical (unpaired) electrons. The van der Waals surface area contributed by atoms with Gasteiger partial charge in [0.2, 0.25) is 5.91 Å². The Kier molecular flexibility index (Phi) is 3.96. The Morgan fingerprint density at radius 1 is 1.42 bits per heavy atom. The van der Waals surface area contributed by atoms with Gasteiger partial charge in [-0.25, -0.2) is 0 Å². The number of hydrogen-bond acceptors (Lipinski definition) is 4. The molecule has 1 aromatic rings. The molecule has 3 rings (SSSR count). The molecule has 2 aliphatic heterocycles. The Morgan fingerprint density at radius 2 is 2.26 bits per heavy atom. The molecule has 0 unspecified atom stereocenters. The number of hydrogen-bond donors (Lipinski definition) is 0. The van der Waals surface area contributed by atoms with Crippen molar-refractivity contribution in [3.8, 4) is 0 Å². The highest BCUT2D eigenvalue weighted by Gasteiger charge is 2.39. The van der Waals surface area contributed by atoms with Crippen LogP contribution in [0.1, 0.15) is 18.4 Å². The zero-order chi connectivity index (χ0) is 13.1. The van der Waals surface area contributed by atoms with Crippen molar-refractivity contribution in [2.45, 2.75) is 17.8 Å². The zero-order valence-corrected chi connectivity index (χ0v) is 12.3. The van der Waals surface area contributed by atoms with Gasteiger partial charge in [0.15, 0.2) is 0 Å². The minimum absolute atomic E-state index is 0.00779. The molecule has 3 heterocycles.